The minimum atomic E-state index is -4.72. The van der Waals surface area contributed by atoms with Crippen LogP contribution in [0.4, 0.5) is 18.9 Å². The molecule has 0 saturated heterocycles. The summed E-state index contributed by atoms with van der Waals surface area (Å²) in [4.78, 5) is 12.0. The molecule has 1 aromatic rings. The smallest absolute Gasteiger partial charge is 0.406 e. The molecule has 0 aromatic heterocycles. The number of hydrogen-bond donors (Lipinski definition) is 2. The molecular formula is C14H17F3N2O2. The Hall–Kier alpha value is -1.76. The fraction of sp³-hybridized carbons (Fsp3) is 0.500. The first kappa shape index (κ1) is 15.6. The molecule has 0 atom stereocenters. The predicted molar refractivity (Wildman–Crippen MR) is 71.7 cm³/mol. The molecule has 1 aliphatic rings. The molecule has 2 rings (SSSR count). The molecule has 0 aliphatic heterocycles. The van der Waals surface area contributed by atoms with Crippen LogP contribution in [-0.2, 0) is 4.79 Å². The van der Waals surface area contributed by atoms with Crippen LogP contribution in [-0.4, -0.2) is 18.3 Å². The fourth-order valence-corrected chi connectivity index (χ4v) is 2.37. The van der Waals surface area contributed by atoms with E-state index < -0.39 is 6.36 Å². The molecule has 1 amide bonds. The van der Waals surface area contributed by atoms with E-state index in [1.807, 2.05) is 0 Å². The Kier molecular flexibility index (Phi) is 4.72. The fourth-order valence-electron chi connectivity index (χ4n) is 2.37. The first-order valence-corrected chi connectivity index (χ1v) is 6.76. The molecule has 0 unspecified atom stereocenters. The van der Waals surface area contributed by atoms with Gasteiger partial charge in [0.1, 0.15) is 5.75 Å². The molecule has 4 nitrogen and oxygen atoms in total. The van der Waals surface area contributed by atoms with Crippen LogP contribution in [0.1, 0.15) is 25.7 Å². The number of nitrogens with two attached hydrogens (primary N) is 1. The summed E-state index contributed by atoms with van der Waals surface area (Å²) in [7, 11) is 0. The van der Waals surface area contributed by atoms with E-state index in [0.29, 0.717) is 5.69 Å². The molecular weight excluding hydrogens is 285 g/mol. The second kappa shape index (κ2) is 6.34. The van der Waals surface area contributed by atoms with Gasteiger partial charge in [-0.2, -0.15) is 0 Å². The van der Waals surface area contributed by atoms with Gasteiger partial charge >= 0.3 is 6.36 Å². The zero-order valence-corrected chi connectivity index (χ0v) is 11.3. The van der Waals surface area contributed by atoms with Crippen molar-refractivity contribution in [3.8, 4) is 5.75 Å². The number of alkyl halides is 3. The van der Waals surface area contributed by atoms with Gasteiger partial charge in [-0.05, 0) is 49.9 Å². The van der Waals surface area contributed by atoms with Crippen LogP contribution < -0.4 is 15.8 Å². The van der Waals surface area contributed by atoms with Crippen LogP contribution in [0, 0.1) is 5.92 Å². The van der Waals surface area contributed by atoms with Gasteiger partial charge in [0, 0.05) is 17.6 Å². The molecule has 0 bridgehead atoms. The first-order valence-electron chi connectivity index (χ1n) is 6.76. The molecule has 0 radical (unpaired) electrons. The van der Waals surface area contributed by atoms with Gasteiger partial charge in [0.2, 0.25) is 5.91 Å². The molecule has 116 valence electrons. The Labute approximate surface area is 120 Å². The van der Waals surface area contributed by atoms with Gasteiger partial charge in [0.05, 0.1) is 0 Å². The standard InChI is InChI=1S/C14H17F3N2O2/c15-14(16,17)21-12-7-5-11(6-8-12)19-13(20)9-1-3-10(18)4-2-9/h5-10H,1-4,18H2,(H,19,20). The van der Waals surface area contributed by atoms with E-state index >= 15 is 0 Å². The molecule has 21 heavy (non-hydrogen) atoms. The zero-order chi connectivity index (χ0) is 15.5. The molecule has 0 spiro atoms. The molecule has 1 saturated carbocycles. The Morgan fingerprint density at radius 3 is 2.24 bits per heavy atom. The van der Waals surface area contributed by atoms with Crippen molar-refractivity contribution in [2.75, 3.05) is 5.32 Å². The highest BCUT2D eigenvalue weighted by Crippen LogP contribution is 2.26. The third-order valence-electron chi connectivity index (χ3n) is 3.50. The van der Waals surface area contributed by atoms with Crippen LogP contribution in [0.2, 0.25) is 0 Å². The molecule has 1 fully saturated rings. The van der Waals surface area contributed by atoms with Crippen LogP contribution in [0.25, 0.3) is 0 Å². The molecule has 7 heteroatoms. The molecule has 1 aliphatic carbocycles. The molecule has 3 N–H and O–H groups in total. The lowest BCUT2D eigenvalue weighted by Gasteiger charge is -2.25. The number of rotatable bonds is 3. The maximum Gasteiger partial charge on any atom is 0.573 e. The Bertz CT molecular complexity index is 480. The summed E-state index contributed by atoms with van der Waals surface area (Å²) in [5.74, 6) is -0.522. The summed E-state index contributed by atoms with van der Waals surface area (Å²) < 4.78 is 39.8. The van der Waals surface area contributed by atoms with E-state index in [4.69, 9.17) is 5.73 Å². The lowest BCUT2D eigenvalue weighted by Crippen LogP contribution is -2.32. The number of amides is 1. The molecule has 1 aromatic carbocycles. The SMILES string of the molecule is NC1CCC(C(=O)Nc2ccc(OC(F)(F)F)cc2)CC1. The normalized spacial score (nSPS) is 22.7. The minimum absolute atomic E-state index is 0.0871. The average molecular weight is 302 g/mol. The van der Waals surface area contributed by atoms with Gasteiger partial charge in [-0.3, -0.25) is 4.79 Å². The van der Waals surface area contributed by atoms with Crippen molar-refractivity contribution >= 4 is 11.6 Å². The summed E-state index contributed by atoms with van der Waals surface area (Å²) in [5.41, 5.74) is 6.23. The highest BCUT2D eigenvalue weighted by atomic mass is 19.4. The number of benzene rings is 1. The lowest BCUT2D eigenvalue weighted by molar-refractivity contribution is -0.274. The third kappa shape index (κ3) is 4.93. The number of carbonyl (C=O) groups is 1. The Morgan fingerprint density at radius 2 is 1.71 bits per heavy atom. The highest BCUT2D eigenvalue weighted by Gasteiger charge is 2.31. The maximum absolute atomic E-state index is 12.0. The Balaban J connectivity index is 1.89. The van der Waals surface area contributed by atoms with Crippen LogP contribution in [0.3, 0.4) is 0 Å². The average Bonchev–Trinajstić information content (AvgIpc) is 2.40. The van der Waals surface area contributed by atoms with E-state index in [1.165, 1.54) is 24.3 Å². The summed E-state index contributed by atoms with van der Waals surface area (Å²) in [6.07, 6.45) is -1.61. The van der Waals surface area contributed by atoms with Crippen molar-refractivity contribution in [3.63, 3.8) is 0 Å². The summed E-state index contributed by atoms with van der Waals surface area (Å²) >= 11 is 0. The lowest BCUT2D eigenvalue weighted by atomic mass is 9.86. The van der Waals surface area contributed by atoms with Gasteiger partial charge in [0.25, 0.3) is 0 Å². The van der Waals surface area contributed by atoms with Gasteiger partial charge in [-0.1, -0.05) is 0 Å². The molecule has 0 heterocycles. The number of hydrogen-bond acceptors (Lipinski definition) is 3. The summed E-state index contributed by atoms with van der Waals surface area (Å²) in [5, 5.41) is 2.70. The first-order chi connectivity index (χ1) is 9.83. The summed E-state index contributed by atoms with van der Waals surface area (Å²) in [6.45, 7) is 0. The number of ether oxygens (including phenoxy) is 1. The van der Waals surface area contributed by atoms with Crippen molar-refractivity contribution < 1.29 is 22.7 Å². The van der Waals surface area contributed by atoms with E-state index in [1.54, 1.807) is 0 Å². The van der Waals surface area contributed by atoms with Crippen LogP contribution >= 0.6 is 0 Å². The number of anilines is 1. The van der Waals surface area contributed by atoms with Crippen molar-refractivity contribution in [2.45, 2.75) is 38.1 Å². The monoisotopic (exact) mass is 302 g/mol. The van der Waals surface area contributed by atoms with Crippen LogP contribution in [0.5, 0.6) is 5.75 Å². The zero-order valence-electron chi connectivity index (χ0n) is 11.3. The second-order valence-corrected chi connectivity index (χ2v) is 5.17. The van der Waals surface area contributed by atoms with Gasteiger partial charge < -0.3 is 15.8 Å². The van der Waals surface area contributed by atoms with Gasteiger partial charge in [-0.15, -0.1) is 13.2 Å². The Morgan fingerprint density at radius 1 is 1.14 bits per heavy atom. The number of halogens is 3. The van der Waals surface area contributed by atoms with Crippen molar-refractivity contribution in [2.24, 2.45) is 11.7 Å². The quantitative estimate of drug-likeness (QED) is 0.902. The van der Waals surface area contributed by atoms with E-state index in [2.05, 4.69) is 10.1 Å². The van der Waals surface area contributed by atoms with Gasteiger partial charge in [-0.25, -0.2) is 0 Å². The topological polar surface area (TPSA) is 64.4 Å². The number of carbonyl (C=O) groups excluding carboxylic acids is 1. The van der Waals surface area contributed by atoms with E-state index in [9.17, 15) is 18.0 Å². The third-order valence-corrected chi connectivity index (χ3v) is 3.50. The summed E-state index contributed by atoms with van der Waals surface area (Å²) in [6, 6.07) is 5.26. The van der Waals surface area contributed by atoms with E-state index in [0.717, 1.165) is 25.7 Å². The largest absolute Gasteiger partial charge is 0.573 e. The van der Waals surface area contributed by atoms with Crippen molar-refractivity contribution in [3.05, 3.63) is 24.3 Å². The predicted octanol–water partition coefficient (Wildman–Crippen LogP) is 3.04. The highest BCUT2D eigenvalue weighted by molar-refractivity contribution is 5.92. The second-order valence-electron chi connectivity index (χ2n) is 5.17. The van der Waals surface area contributed by atoms with Crippen molar-refractivity contribution in [1.82, 2.24) is 0 Å². The van der Waals surface area contributed by atoms with Gasteiger partial charge in [0.15, 0.2) is 0 Å². The number of nitrogens with one attached hydrogen (secondary N) is 1. The maximum atomic E-state index is 12.0. The minimum Gasteiger partial charge on any atom is -0.406 e. The van der Waals surface area contributed by atoms with Crippen LogP contribution in [0.15, 0.2) is 24.3 Å². The van der Waals surface area contributed by atoms with Crippen molar-refractivity contribution in [1.29, 1.82) is 0 Å². The van der Waals surface area contributed by atoms with E-state index in [-0.39, 0.29) is 23.6 Å².